The van der Waals surface area contributed by atoms with Crippen LogP contribution in [0.2, 0.25) is 0 Å². The third-order valence-corrected chi connectivity index (χ3v) is 4.78. The molecule has 1 aliphatic rings. The average molecular weight is 271 g/mol. The molecule has 0 saturated heterocycles. The summed E-state index contributed by atoms with van der Waals surface area (Å²) in [4.78, 5) is 10.9. The molecule has 1 aromatic carbocycles. The predicted molar refractivity (Wildman–Crippen MR) is 80.2 cm³/mol. The highest BCUT2D eigenvalue weighted by Gasteiger charge is 2.39. The molecule has 0 amide bonds. The molecule has 0 fully saturated rings. The van der Waals surface area contributed by atoms with Crippen molar-refractivity contribution in [1.29, 1.82) is 0 Å². The second-order valence-corrected chi connectivity index (χ2v) is 6.04. The fourth-order valence-corrected chi connectivity index (χ4v) is 3.79. The minimum atomic E-state index is -0.696. The number of nitrogens with zero attached hydrogens (tertiary/aromatic N) is 1. The molecule has 3 nitrogen and oxygen atoms in total. The molecule has 0 unspecified atom stereocenters. The van der Waals surface area contributed by atoms with Crippen LogP contribution in [0.25, 0.3) is 10.9 Å². The topological polar surface area (TPSA) is 42.2 Å². The van der Waals surface area contributed by atoms with E-state index in [4.69, 9.17) is 5.11 Å². The number of carboxylic acid groups (broad SMARTS) is 1. The second-order valence-electron chi connectivity index (χ2n) is 6.04. The minimum Gasteiger partial charge on any atom is -0.481 e. The monoisotopic (exact) mass is 271 g/mol. The summed E-state index contributed by atoms with van der Waals surface area (Å²) in [6.07, 6.45) is 3.11. The lowest BCUT2D eigenvalue weighted by molar-refractivity contribution is -0.137. The second kappa shape index (κ2) is 4.65. The highest BCUT2D eigenvalue weighted by Crippen LogP contribution is 2.46. The molecular formula is C17H21NO2. The zero-order valence-electron chi connectivity index (χ0n) is 12.1. The van der Waals surface area contributed by atoms with E-state index in [2.05, 4.69) is 42.7 Å². The highest BCUT2D eigenvalue weighted by molar-refractivity contribution is 5.87. The number of carbonyl (C=O) groups is 1. The fraction of sp³-hybridized carbons (Fsp3) is 0.471. The first-order chi connectivity index (χ1) is 9.57. The number of aromatic nitrogens is 1. The van der Waals surface area contributed by atoms with Gasteiger partial charge in [-0.3, -0.25) is 4.79 Å². The lowest BCUT2D eigenvalue weighted by Crippen LogP contribution is -2.23. The molecule has 0 aliphatic heterocycles. The van der Waals surface area contributed by atoms with Crippen LogP contribution in [0, 0.1) is 0 Å². The van der Waals surface area contributed by atoms with Gasteiger partial charge >= 0.3 is 5.97 Å². The first-order valence-corrected chi connectivity index (χ1v) is 7.39. The van der Waals surface area contributed by atoms with Crippen LogP contribution in [-0.4, -0.2) is 15.6 Å². The summed E-state index contributed by atoms with van der Waals surface area (Å²) in [6, 6.07) is 8.55. The number of benzene rings is 1. The number of rotatable bonds is 4. The predicted octanol–water partition coefficient (Wildman–Crippen LogP) is 3.73. The van der Waals surface area contributed by atoms with Crippen LogP contribution in [-0.2, 0) is 23.2 Å². The minimum absolute atomic E-state index is 0.00273. The van der Waals surface area contributed by atoms with E-state index in [0.29, 0.717) is 0 Å². The number of fused-ring (bicyclic) bond motifs is 3. The van der Waals surface area contributed by atoms with Gasteiger partial charge in [0.05, 0.1) is 0 Å². The van der Waals surface area contributed by atoms with Gasteiger partial charge in [-0.25, -0.2) is 0 Å². The van der Waals surface area contributed by atoms with Gasteiger partial charge in [0.2, 0.25) is 0 Å². The van der Waals surface area contributed by atoms with E-state index in [1.165, 1.54) is 22.2 Å². The summed E-state index contributed by atoms with van der Waals surface area (Å²) >= 11 is 0. The van der Waals surface area contributed by atoms with E-state index in [9.17, 15) is 4.79 Å². The van der Waals surface area contributed by atoms with Gasteiger partial charge in [-0.2, -0.15) is 0 Å². The summed E-state index contributed by atoms with van der Waals surface area (Å²) in [6.45, 7) is 5.34. The number of aliphatic carboxylic acids is 1. The Labute approximate surface area is 119 Å². The van der Waals surface area contributed by atoms with Crippen molar-refractivity contribution in [2.45, 2.75) is 51.5 Å². The Kier molecular flexibility index (Phi) is 3.08. The average Bonchev–Trinajstić information content (AvgIpc) is 2.94. The first-order valence-electron chi connectivity index (χ1n) is 7.39. The van der Waals surface area contributed by atoms with Gasteiger partial charge in [-0.05, 0) is 37.8 Å². The summed E-state index contributed by atoms with van der Waals surface area (Å²) in [5.41, 5.74) is 4.11. The maximum atomic E-state index is 10.9. The van der Waals surface area contributed by atoms with Crippen LogP contribution < -0.4 is 0 Å². The van der Waals surface area contributed by atoms with Crippen molar-refractivity contribution in [3.63, 3.8) is 0 Å². The molecule has 1 heterocycles. The van der Waals surface area contributed by atoms with E-state index in [0.717, 1.165) is 25.8 Å². The standard InChI is InChI=1S/C17H21NO2/c1-3-18-14-7-5-4-6-12(14)13-8-10-17(2,16(13)18)11-9-15(19)20/h4-7H,3,8-11H2,1-2H3,(H,19,20)/t17-/m1/s1. The summed E-state index contributed by atoms with van der Waals surface area (Å²) in [7, 11) is 0. The summed E-state index contributed by atoms with van der Waals surface area (Å²) in [5.74, 6) is -0.696. The fourth-order valence-electron chi connectivity index (χ4n) is 3.79. The van der Waals surface area contributed by atoms with Crippen molar-refractivity contribution < 1.29 is 9.90 Å². The van der Waals surface area contributed by atoms with E-state index in [1.807, 2.05) is 0 Å². The molecule has 1 N–H and O–H groups in total. The number of hydrogen-bond acceptors (Lipinski definition) is 1. The Hall–Kier alpha value is -1.77. The van der Waals surface area contributed by atoms with Crippen LogP contribution in [0.3, 0.4) is 0 Å². The van der Waals surface area contributed by atoms with Crippen LogP contribution in [0.5, 0.6) is 0 Å². The molecule has 0 saturated carbocycles. The molecule has 1 aliphatic carbocycles. The van der Waals surface area contributed by atoms with Gasteiger partial charge < -0.3 is 9.67 Å². The molecule has 3 rings (SSSR count). The molecular weight excluding hydrogens is 250 g/mol. The molecule has 1 atom stereocenters. The summed E-state index contributed by atoms with van der Waals surface area (Å²) in [5, 5.41) is 10.3. The SMILES string of the molecule is CCn1c2c(c3ccccc31)CC[C@]2(C)CCC(=O)O. The Morgan fingerprint density at radius 2 is 2.15 bits per heavy atom. The van der Waals surface area contributed by atoms with Gasteiger partial charge in [0, 0.05) is 35.0 Å². The van der Waals surface area contributed by atoms with Crippen molar-refractivity contribution in [1.82, 2.24) is 4.57 Å². The molecule has 0 radical (unpaired) electrons. The van der Waals surface area contributed by atoms with Gasteiger partial charge in [-0.1, -0.05) is 25.1 Å². The maximum absolute atomic E-state index is 10.9. The Morgan fingerprint density at radius 3 is 2.85 bits per heavy atom. The molecule has 3 heteroatoms. The molecule has 1 aromatic heterocycles. The molecule has 0 bridgehead atoms. The lowest BCUT2D eigenvalue weighted by Gasteiger charge is -2.26. The van der Waals surface area contributed by atoms with Crippen molar-refractivity contribution in [3.05, 3.63) is 35.5 Å². The highest BCUT2D eigenvalue weighted by atomic mass is 16.4. The van der Waals surface area contributed by atoms with Crippen LogP contribution in [0.1, 0.15) is 44.4 Å². The Bertz CT molecular complexity index is 656. The van der Waals surface area contributed by atoms with Crippen molar-refractivity contribution in [2.24, 2.45) is 0 Å². The van der Waals surface area contributed by atoms with Crippen molar-refractivity contribution >= 4 is 16.9 Å². The van der Waals surface area contributed by atoms with E-state index < -0.39 is 5.97 Å². The quantitative estimate of drug-likeness (QED) is 0.920. The van der Waals surface area contributed by atoms with Crippen LogP contribution in [0.15, 0.2) is 24.3 Å². The Balaban J connectivity index is 2.14. The third-order valence-electron chi connectivity index (χ3n) is 4.78. The normalized spacial score (nSPS) is 21.3. The van der Waals surface area contributed by atoms with E-state index in [1.54, 1.807) is 0 Å². The zero-order valence-corrected chi connectivity index (χ0v) is 12.1. The molecule has 106 valence electrons. The third kappa shape index (κ3) is 1.84. The van der Waals surface area contributed by atoms with Crippen LogP contribution in [0.4, 0.5) is 0 Å². The number of carboxylic acids is 1. The zero-order chi connectivity index (χ0) is 14.3. The maximum Gasteiger partial charge on any atom is 0.303 e. The van der Waals surface area contributed by atoms with Gasteiger partial charge in [-0.15, -0.1) is 0 Å². The Morgan fingerprint density at radius 1 is 1.40 bits per heavy atom. The number of para-hydroxylation sites is 1. The van der Waals surface area contributed by atoms with E-state index in [-0.39, 0.29) is 11.8 Å². The van der Waals surface area contributed by atoms with Gasteiger partial charge in [0.25, 0.3) is 0 Å². The van der Waals surface area contributed by atoms with Gasteiger partial charge in [0.15, 0.2) is 0 Å². The number of hydrogen-bond donors (Lipinski definition) is 1. The first kappa shape index (κ1) is 13.2. The molecule has 20 heavy (non-hydrogen) atoms. The number of aryl methyl sites for hydroxylation is 2. The molecule has 0 spiro atoms. The molecule has 2 aromatic rings. The lowest BCUT2D eigenvalue weighted by atomic mass is 9.82. The van der Waals surface area contributed by atoms with Crippen molar-refractivity contribution in [3.8, 4) is 0 Å². The van der Waals surface area contributed by atoms with Gasteiger partial charge in [0.1, 0.15) is 0 Å². The summed E-state index contributed by atoms with van der Waals surface area (Å²) < 4.78 is 2.39. The smallest absolute Gasteiger partial charge is 0.303 e. The van der Waals surface area contributed by atoms with E-state index >= 15 is 0 Å². The van der Waals surface area contributed by atoms with Crippen LogP contribution >= 0.6 is 0 Å². The van der Waals surface area contributed by atoms with Crippen molar-refractivity contribution in [2.75, 3.05) is 0 Å². The largest absolute Gasteiger partial charge is 0.481 e.